The number of benzene rings is 2. The molecule has 2 aromatic rings. The van der Waals surface area contributed by atoms with Gasteiger partial charge in [0.25, 0.3) is 0 Å². The largest absolute Gasteiger partial charge is 0.367 e. The molecule has 3 heteroatoms. The minimum absolute atomic E-state index is 0.227. The summed E-state index contributed by atoms with van der Waals surface area (Å²) in [5.74, 6) is -0.227. The Morgan fingerprint density at radius 1 is 1.10 bits per heavy atom. The van der Waals surface area contributed by atoms with E-state index in [1.807, 2.05) is 12.1 Å². The van der Waals surface area contributed by atoms with Crippen molar-refractivity contribution < 1.29 is 4.39 Å². The summed E-state index contributed by atoms with van der Waals surface area (Å²) >= 11 is 0. The average Bonchev–Trinajstić information content (AvgIpc) is 2.47. The van der Waals surface area contributed by atoms with E-state index in [-0.39, 0.29) is 12.4 Å². The number of hydrogen-bond donors (Lipinski definition) is 1. The molecule has 0 radical (unpaired) electrons. The zero-order valence-electron chi connectivity index (χ0n) is 12.1. The van der Waals surface area contributed by atoms with Crippen LogP contribution in [0.1, 0.15) is 23.6 Å². The Labute approximate surface area is 120 Å². The van der Waals surface area contributed by atoms with Crippen LogP contribution in [0.15, 0.2) is 42.5 Å². The second-order valence-corrected chi connectivity index (χ2v) is 4.98. The number of nitrogens with zero attached hydrogens (tertiary/aromatic N) is 1. The lowest BCUT2D eigenvalue weighted by atomic mass is 10.1. The summed E-state index contributed by atoms with van der Waals surface area (Å²) in [4.78, 5) is 2.26. The first-order chi connectivity index (χ1) is 9.63. The van der Waals surface area contributed by atoms with Gasteiger partial charge in [-0.15, -0.1) is 0 Å². The lowest BCUT2D eigenvalue weighted by Crippen LogP contribution is -2.22. The van der Waals surface area contributed by atoms with Crippen molar-refractivity contribution in [1.29, 1.82) is 0 Å². The summed E-state index contributed by atoms with van der Waals surface area (Å²) in [5.41, 5.74) is 9.63. The molecule has 0 saturated carbocycles. The van der Waals surface area contributed by atoms with Crippen LogP contribution in [0, 0.1) is 12.7 Å². The van der Waals surface area contributed by atoms with Crippen molar-refractivity contribution in [1.82, 2.24) is 0 Å². The maximum absolute atomic E-state index is 13.5. The molecule has 0 atom stereocenters. The Morgan fingerprint density at radius 3 is 2.40 bits per heavy atom. The predicted molar refractivity (Wildman–Crippen MR) is 82.2 cm³/mol. The SMILES string of the molecule is CCN(Cc1ccc(F)c(CN)c1)c1ccc(C)cc1. The second-order valence-electron chi connectivity index (χ2n) is 4.98. The second kappa shape index (κ2) is 6.53. The molecule has 0 unspecified atom stereocenters. The van der Waals surface area contributed by atoms with E-state index in [0.717, 1.165) is 18.7 Å². The lowest BCUT2D eigenvalue weighted by Gasteiger charge is -2.23. The summed E-state index contributed by atoms with van der Waals surface area (Å²) in [5, 5.41) is 0. The Balaban J connectivity index is 2.19. The predicted octanol–water partition coefficient (Wildman–Crippen LogP) is 3.62. The Hall–Kier alpha value is -1.87. The number of nitrogens with two attached hydrogens (primary N) is 1. The van der Waals surface area contributed by atoms with E-state index >= 15 is 0 Å². The summed E-state index contributed by atoms with van der Waals surface area (Å²) in [6.45, 7) is 6.09. The zero-order valence-corrected chi connectivity index (χ0v) is 12.1. The molecule has 2 aromatic carbocycles. The van der Waals surface area contributed by atoms with Crippen LogP contribution in [0.4, 0.5) is 10.1 Å². The van der Waals surface area contributed by atoms with E-state index in [1.165, 1.54) is 17.3 Å². The smallest absolute Gasteiger partial charge is 0.127 e. The molecule has 0 fully saturated rings. The van der Waals surface area contributed by atoms with Gasteiger partial charge in [0.15, 0.2) is 0 Å². The van der Waals surface area contributed by atoms with Gasteiger partial charge in [-0.2, -0.15) is 0 Å². The molecule has 0 heterocycles. The number of halogens is 1. The van der Waals surface area contributed by atoms with E-state index in [1.54, 1.807) is 0 Å². The zero-order chi connectivity index (χ0) is 14.5. The van der Waals surface area contributed by atoms with Gasteiger partial charge in [0.2, 0.25) is 0 Å². The van der Waals surface area contributed by atoms with Crippen LogP contribution in [-0.2, 0) is 13.1 Å². The number of aryl methyl sites for hydroxylation is 1. The van der Waals surface area contributed by atoms with Crippen molar-refractivity contribution >= 4 is 5.69 Å². The van der Waals surface area contributed by atoms with Gasteiger partial charge in [-0.05, 0) is 43.7 Å². The Bertz CT molecular complexity index is 564. The highest BCUT2D eigenvalue weighted by atomic mass is 19.1. The fraction of sp³-hybridized carbons (Fsp3) is 0.294. The van der Waals surface area contributed by atoms with E-state index < -0.39 is 0 Å². The molecule has 0 aromatic heterocycles. The number of hydrogen-bond acceptors (Lipinski definition) is 2. The first-order valence-electron chi connectivity index (χ1n) is 6.93. The van der Waals surface area contributed by atoms with E-state index in [0.29, 0.717) is 5.56 Å². The normalized spacial score (nSPS) is 10.6. The quantitative estimate of drug-likeness (QED) is 0.900. The molecule has 0 spiro atoms. The molecule has 0 aliphatic rings. The Morgan fingerprint density at radius 2 is 1.80 bits per heavy atom. The van der Waals surface area contributed by atoms with Crippen molar-refractivity contribution in [2.45, 2.75) is 26.9 Å². The minimum Gasteiger partial charge on any atom is -0.367 e. The molecule has 2 rings (SSSR count). The molecule has 20 heavy (non-hydrogen) atoms. The van der Waals surface area contributed by atoms with Crippen molar-refractivity contribution in [2.75, 3.05) is 11.4 Å². The molecular weight excluding hydrogens is 251 g/mol. The van der Waals surface area contributed by atoms with E-state index in [9.17, 15) is 4.39 Å². The molecule has 106 valence electrons. The number of anilines is 1. The third kappa shape index (κ3) is 3.36. The first-order valence-corrected chi connectivity index (χ1v) is 6.93. The van der Waals surface area contributed by atoms with Gasteiger partial charge in [-0.3, -0.25) is 0 Å². The van der Waals surface area contributed by atoms with Crippen molar-refractivity contribution in [3.63, 3.8) is 0 Å². The van der Waals surface area contributed by atoms with Crippen LogP contribution < -0.4 is 10.6 Å². The van der Waals surface area contributed by atoms with Gasteiger partial charge in [0, 0.05) is 30.9 Å². The minimum atomic E-state index is -0.227. The van der Waals surface area contributed by atoms with Crippen LogP contribution >= 0.6 is 0 Å². The van der Waals surface area contributed by atoms with E-state index in [4.69, 9.17) is 5.73 Å². The molecule has 2 nitrogen and oxygen atoms in total. The van der Waals surface area contributed by atoms with Crippen molar-refractivity contribution in [3.05, 3.63) is 65.0 Å². The average molecular weight is 272 g/mol. The van der Waals surface area contributed by atoms with Crippen LogP contribution in [0.25, 0.3) is 0 Å². The third-order valence-electron chi connectivity index (χ3n) is 3.48. The summed E-state index contributed by atoms with van der Waals surface area (Å²) in [6, 6.07) is 13.6. The van der Waals surface area contributed by atoms with E-state index in [2.05, 4.69) is 43.0 Å². The number of rotatable bonds is 5. The van der Waals surface area contributed by atoms with Crippen LogP contribution in [0.5, 0.6) is 0 Å². The highest BCUT2D eigenvalue weighted by molar-refractivity contribution is 5.48. The molecule has 0 aliphatic heterocycles. The topological polar surface area (TPSA) is 29.3 Å². The molecule has 0 amide bonds. The van der Waals surface area contributed by atoms with Crippen LogP contribution in [0.3, 0.4) is 0 Å². The summed E-state index contributed by atoms with van der Waals surface area (Å²) < 4.78 is 13.5. The monoisotopic (exact) mass is 272 g/mol. The first kappa shape index (κ1) is 14.5. The van der Waals surface area contributed by atoms with Gasteiger partial charge in [-0.25, -0.2) is 4.39 Å². The molecule has 0 bridgehead atoms. The van der Waals surface area contributed by atoms with Gasteiger partial charge >= 0.3 is 0 Å². The van der Waals surface area contributed by atoms with Crippen molar-refractivity contribution in [3.8, 4) is 0 Å². The fourth-order valence-corrected chi connectivity index (χ4v) is 2.24. The van der Waals surface area contributed by atoms with Crippen LogP contribution in [0.2, 0.25) is 0 Å². The fourth-order valence-electron chi connectivity index (χ4n) is 2.24. The lowest BCUT2D eigenvalue weighted by molar-refractivity contribution is 0.609. The van der Waals surface area contributed by atoms with Gasteiger partial charge in [0.05, 0.1) is 0 Å². The molecule has 2 N–H and O–H groups in total. The molecule has 0 aliphatic carbocycles. The summed E-state index contributed by atoms with van der Waals surface area (Å²) in [7, 11) is 0. The van der Waals surface area contributed by atoms with Gasteiger partial charge < -0.3 is 10.6 Å². The summed E-state index contributed by atoms with van der Waals surface area (Å²) in [6.07, 6.45) is 0. The maximum Gasteiger partial charge on any atom is 0.127 e. The standard InChI is InChI=1S/C17H21FN2/c1-3-20(16-7-4-13(2)5-8-16)12-14-6-9-17(18)15(10-14)11-19/h4-10H,3,11-12,19H2,1-2H3. The highest BCUT2D eigenvalue weighted by Gasteiger charge is 2.07. The highest BCUT2D eigenvalue weighted by Crippen LogP contribution is 2.19. The third-order valence-corrected chi connectivity index (χ3v) is 3.48. The Kier molecular flexibility index (Phi) is 4.74. The molecule has 0 saturated heterocycles. The van der Waals surface area contributed by atoms with Crippen LogP contribution in [-0.4, -0.2) is 6.54 Å². The van der Waals surface area contributed by atoms with Gasteiger partial charge in [-0.1, -0.05) is 23.8 Å². The van der Waals surface area contributed by atoms with Crippen molar-refractivity contribution in [2.24, 2.45) is 5.73 Å². The van der Waals surface area contributed by atoms with Gasteiger partial charge in [0.1, 0.15) is 5.82 Å². The molecular formula is C17H21FN2. The maximum atomic E-state index is 13.5.